The van der Waals surface area contributed by atoms with Gasteiger partial charge in [-0.1, -0.05) is 38.1 Å². The number of amidine groups is 1. The third-order valence-electron chi connectivity index (χ3n) is 2.06. The SMILES string of the molecule is CC(C)Cc1ccc(CC(=N)N)cc1. The van der Waals surface area contributed by atoms with Gasteiger partial charge in [-0.3, -0.25) is 5.41 Å². The predicted octanol–water partition coefficient (Wildman–Crippen LogP) is 2.36. The average molecular weight is 190 g/mol. The van der Waals surface area contributed by atoms with Crippen LogP contribution in [0.25, 0.3) is 0 Å². The Labute approximate surface area is 85.6 Å². The van der Waals surface area contributed by atoms with Gasteiger partial charge in [-0.2, -0.15) is 0 Å². The molecule has 0 aliphatic rings. The molecule has 1 rings (SSSR count). The minimum absolute atomic E-state index is 0.224. The fraction of sp³-hybridized carbons (Fsp3) is 0.417. The molecule has 0 fully saturated rings. The van der Waals surface area contributed by atoms with Gasteiger partial charge in [0.2, 0.25) is 0 Å². The maximum absolute atomic E-state index is 7.18. The van der Waals surface area contributed by atoms with E-state index < -0.39 is 0 Å². The molecule has 0 atom stereocenters. The number of nitrogens with two attached hydrogens (primary N) is 1. The maximum Gasteiger partial charge on any atom is 0.0950 e. The van der Waals surface area contributed by atoms with Crippen LogP contribution in [0.5, 0.6) is 0 Å². The van der Waals surface area contributed by atoms with E-state index >= 15 is 0 Å². The second kappa shape index (κ2) is 4.80. The molecule has 2 nitrogen and oxygen atoms in total. The summed E-state index contributed by atoms with van der Waals surface area (Å²) < 4.78 is 0. The minimum atomic E-state index is 0.224. The highest BCUT2D eigenvalue weighted by Crippen LogP contribution is 2.09. The van der Waals surface area contributed by atoms with Crippen molar-refractivity contribution >= 4 is 5.84 Å². The van der Waals surface area contributed by atoms with Crippen molar-refractivity contribution in [1.82, 2.24) is 0 Å². The van der Waals surface area contributed by atoms with E-state index in [4.69, 9.17) is 11.1 Å². The van der Waals surface area contributed by atoms with Crippen molar-refractivity contribution in [3.8, 4) is 0 Å². The highest BCUT2D eigenvalue weighted by atomic mass is 14.7. The van der Waals surface area contributed by atoms with E-state index in [0.29, 0.717) is 12.3 Å². The van der Waals surface area contributed by atoms with Crippen LogP contribution >= 0.6 is 0 Å². The highest BCUT2D eigenvalue weighted by molar-refractivity contribution is 5.79. The largest absolute Gasteiger partial charge is 0.387 e. The number of rotatable bonds is 4. The van der Waals surface area contributed by atoms with Gasteiger partial charge in [-0.25, -0.2) is 0 Å². The lowest BCUT2D eigenvalue weighted by Gasteiger charge is -2.05. The van der Waals surface area contributed by atoms with Gasteiger partial charge in [0.1, 0.15) is 0 Å². The van der Waals surface area contributed by atoms with Crippen molar-refractivity contribution in [2.45, 2.75) is 26.7 Å². The monoisotopic (exact) mass is 190 g/mol. The summed E-state index contributed by atoms with van der Waals surface area (Å²) >= 11 is 0. The zero-order valence-electron chi connectivity index (χ0n) is 8.88. The summed E-state index contributed by atoms with van der Waals surface area (Å²) in [6, 6.07) is 8.36. The van der Waals surface area contributed by atoms with Gasteiger partial charge in [0.05, 0.1) is 5.84 Å². The Kier molecular flexibility index (Phi) is 3.69. The smallest absolute Gasteiger partial charge is 0.0950 e. The molecular weight excluding hydrogens is 172 g/mol. The van der Waals surface area contributed by atoms with E-state index in [-0.39, 0.29) is 5.84 Å². The van der Waals surface area contributed by atoms with E-state index in [1.807, 2.05) is 0 Å². The van der Waals surface area contributed by atoms with Gasteiger partial charge in [0.15, 0.2) is 0 Å². The molecule has 2 heteroatoms. The third-order valence-corrected chi connectivity index (χ3v) is 2.06. The zero-order chi connectivity index (χ0) is 10.6. The number of nitrogens with one attached hydrogen (secondary N) is 1. The van der Waals surface area contributed by atoms with Crippen molar-refractivity contribution in [2.75, 3.05) is 0 Å². The van der Waals surface area contributed by atoms with Gasteiger partial charge in [-0.15, -0.1) is 0 Å². The molecule has 0 unspecified atom stereocenters. The topological polar surface area (TPSA) is 49.9 Å². The molecule has 0 aromatic heterocycles. The lowest BCUT2D eigenvalue weighted by molar-refractivity contribution is 0.647. The Morgan fingerprint density at radius 1 is 1.21 bits per heavy atom. The summed E-state index contributed by atoms with van der Waals surface area (Å²) in [7, 11) is 0. The summed E-state index contributed by atoms with van der Waals surface area (Å²) in [6.07, 6.45) is 1.67. The summed E-state index contributed by atoms with van der Waals surface area (Å²) in [5.41, 5.74) is 7.80. The molecule has 0 heterocycles. The Balaban J connectivity index is 2.63. The molecule has 0 radical (unpaired) electrons. The van der Waals surface area contributed by atoms with Crippen LogP contribution in [0.15, 0.2) is 24.3 Å². The molecule has 3 N–H and O–H groups in total. The summed E-state index contributed by atoms with van der Waals surface area (Å²) in [5, 5.41) is 7.18. The summed E-state index contributed by atoms with van der Waals surface area (Å²) in [5.74, 6) is 0.912. The van der Waals surface area contributed by atoms with Crippen LogP contribution in [0.1, 0.15) is 25.0 Å². The molecule has 0 saturated carbocycles. The van der Waals surface area contributed by atoms with E-state index in [1.165, 1.54) is 5.56 Å². The van der Waals surface area contributed by atoms with E-state index in [1.54, 1.807) is 0 Å². The van der Waals surface area contributed by atoms with Crippen LogP contribution in [0.4, 0.5) is 0 Å². The molecule has 0 saturated heterocycles. The molecule has 0 aliphatic heterocycles. The molecule has 0 spiro atoms. The molecule has 14 heavy (non-hydrogen) atoms. The molecule has 1 aromatic rings. The molecular formula is C12H18N2. The zero-order valence-corrected chi connectivity index (χ0v) is 8.88. The lowest BCUT2D eigenvalue weighted by atomic mass is 10.0. The molecule has 1 aromatic carbocycles. The van der Waals surface area contributed by atoms with Crippen molar-refractivity contribution in [3.05, 3.63) is 35.4 Å². The van der Waals surface area contributed by atoms with Crippen molar-refractivity contribution in [3.63, 3.8) is 0 Å². The van der Waals surface area contributed by atoms with Crippen LogP contribution in [-0.2, 0) is 12.8 Å². The van der Waals surface area contributed by atoms with Gasteiger partial charge < -0.3 is 5.73 Å². The van der Waals surface area contributed by atoms with Crippen LogP contribution in [0.3, 0.4) is 0 Å². The normalized spacial score (nSPS) is 10.5. The second-order valence-corrected chi connectivity index (χ2v) is 4.12. The lowest BCUT2D eigenvalue weighted by Crippen LogP contribution is -2.12. The summed E-state index contributed by atoms with van der Waals surface area (Å²) in [6.45, 7) is 4.42. The van der Waals surface area contributed by atoms with Gasteiger partial charge in [0.25, 0.3) is 0 Å². The number of benzene rings is 1. The molecule has 0 aliphatic carbocycles. The Bertz CT molecular complexity index is 299. The quantitative estimate of drug-likeness (QED) is 0.555. The van der Waals surface area contributed by atoms with Crippen molar-refractivity contribution in [2.24, 2.45) is 11.7 Å². The third kappa shape index (κ3) is 3.60. The van der Waals surface area contributed by atoms with Crippen LogP contribution in [0, 0.1) is 11.3 Å². The first-order valence-electron chi connectivity index (χ1n) is 4.98. The Hall–Kier alpha value is -1.31. The van der Waals surface area contributed by atoms with Crippen LogP contribution in [0.2, 0.25) is 0 Å². The average Bonchev–Trinajstić information content (AvgIpc) is 2.06. The van der Waals surface area contributed by atoms with E-state index in [0.717, 1.165) is 12.0 Å². The second-order valence-electron chi connectivity index (χ2n) is 4.12. The van der Waals surface area contributed by atoms with Gasteiger partial charge >= 0.3 is 0 Å². The maximum atomic E-state index is 7.18. The molecule has 0 amide bonds. The van der Waals surface area contributed by atoms with Gasteiger partial charge in [-0.05, 0) is 23.5 Å². The first-order valence-corrected chi connectivity index (χ1v) is 4.98. The van der Waals surface area contributed by atoms with E-state index in [9.17, 15) is 0 Å². The first kappa shape index (κ1) is 10.8. The van der Waals surface area contributed by atoms with Crippen molar-refractivity contribution < 1.29 is 0 Å². The van der Waals surface area contributed by atoms with Crippen molar-refractivity contribution in [1.29, 1.82) is 5.41 Å². The van der Waals surface area contributed by atoms with Crippen LogP contribution < -0.4 is 5.73 Å². The van der Waals surface area contributed by atoms with E-state index in [2.05, 4.69) is 38.1 Å². The Morgan fingerprint density at radius 2 is 1.71 bits per heavy atom. The number of hydrogen-bond donors (Lipinski definition) is 2. The number of hydrogen-bond acceptors (Lipinski definition) is 1. The fourth-order valence-electron chi connectivity index (χ4n) is 1.48. The predicted molar refractivity (Wildman–Crippen MR) is 60.6 cm³/mol. The van der Waals surface area contributed by atoms with Crippen LogP contribution in [-0.4, -0.2) is 5.84 Å². The minimum Gasteiger partial charge on any atom is -0.387 e. The van der Waals surface area contributed by atoms with Gasteiger partial charge in [0, 0.05) is 6.42 Å². The Morgan fingerprint density at radius 3 is 2.14 bits per heavy atom. The standard InChI is InChI=1S/C12H18N2/c1-9(2)7-10-3-5-11(6-4-10)8-12(13)14/h3-6,9H,7-8H2,1-2H3,(H3,13,14). The first-order chi connectivity index (χ1) is 6.58. The molecule has 0 bridgehead atoms. The molecule has 76 valence electrons. The summed E-state index contributed by atoms with van der Waals surface area (Å²) in [4.78, 5) is 0. The highest BCUT2D eigenvalue weighted by Gasteiger charge is 1.98. The fourth-order valence-corrected chi connectivity index (χ4v) is 1.48.